The van der Waals surface area contributed by atoms with Crippen molar-refractivity contribution in [2.45, 2.75) is 0 Å². The number of nitrogens with zero attached hydrogens (tertiary/aromatic N) is 5. The molecule has 1 saturated heterocycles. The smallest absolute Gasteiger partial charge is 0.254 e. The van der Waals surface area contributed by atoms with Crippen molar-refractivity contribution in [3.63, 3.8) is 0 Å². The lowest BCUT2D eigenvalue weighted by molar-refractivity contribution is 0.0535. The Balaban J connectivity index is 1.39. The predicted octanol–water partition coefficient (Wildman–Crippen LogP) is 1.87. The maximum absolute atomic E-state index is 12.9. The molecule has 8 nitrogen and oxygen atoms in total. The van der Waals surface area contributed by atoms with Gasteiger partial charge in [-0.05, 0) is 36.4 Å². The number of carbonyl (C=O) groups excluding carboxylic acids is 2. The Morgan fingerprint density at radius 3 is 2.14 bits per heavy atom. The molecule has 29 heavy (non-hydrogen) atoms. The van der Waals surface area contributed by atoms with Crippen LogP contribution in [0.15, 0.2) is 61.3 Å². The van der Waals surface area contributed by atoms with Crippen LogP contribution in [0.1, 0.15) is 20.7 Å². The van der Waals surface area contributed by atoms with E-state index in [1.807, 2.05) is 0 Å². The lowest BCUT2D eigenvalue weighted by Gasteiger charge is -2.35. The first-order chi connectivity index (χ1) is 14.2. The molecule has 0 bridgehead atoms. The van der Waals surface area contributed by atoms with Crippen LogP contribution in [0.25, 0.3) is 5.82 Å². The highest BCUT2D eigenvalue weighted by Gasteiger charge is 2.25. The zero-order valence-corrected chi connectivity index (χ0v) is 16.1. The van der Waals surface area contributed by atoms with Crippen molar-refractivity contribution in [3.05, 3.63) is 72.4 Å². The fraction of sp³-hybridized carbons (Fsp3) is 0.238. The summed E-state index contributed by atoms with van der Waals surface area (Å²) in [4.78, 5) is 37.4. The summed E-state index contributed by atoms with van der Waals surface area (Å²) in [5.41, 5.74) is 1.18. The average molecular weight is 391 g/mol. The zero-order valence-electron chi connectivity index (χ0n) is 16.1. The minimum absolute atomic E-state index is 0.0361. The molecule has 0 N–H and O–H groups in total. The molecule has 1 aliphatic heterocycles. The van der Waals surface area contributed by atoms with Gasteiger partial charge in [0.15, 0.2) is 0 Å². The van der Waals surface area contributed by atoms with Gasteiger partial charge in [-0.15, -0.1) is 0 Å². The molecule has 2 aromatic heterocycles. The highest BCUT2D eigenvalue weighted by molar-refractivity contribution is 5.96. The van der Waals surface area contributed by atoms with Gasteiger partial charge in [0.1, 0.15) is 17.9 Å². The number of hydrogen-bond acceptors (Lipinski definition) is 5. The van der Waals surface area contributed by atoms with E-state index in [0.29, 0.717) is 48.9 Å². The lowest BCUT2D eigenvalue weighted by atomic mass is 10.1. The van der Waals surface area contributed by atoms with Gasteiger partial charge in [0, 0.05) is 55.9 Å². The largest absolute Gasteiger partial charge is 0.497 e. The number of rotatable bonds is 4. The average Bonchev–Trinajstić information content (AvgIpc) is 3.33. The maximum Gasteiger partial charge on any atom is 0.254 e. The van der Waals surface area contributed by atoms with Gasteiger partial charge in [0.2, 0.25) is 0 Å². The van der Waals surface area contributed by atoms with Gasteiger partial charge in [-0.2, -0.15) is 0 Å². The standard InChI is InChI=1S/C21H21N5O3/c1-29-18-4-2-16(3-5-18)20(27)24-10-12-25(13-11-24)21(28)17-6-7-23-19(14-17)26-9-8-22-15-26/h2-9,14-15H,10-13H2,1H3. The van der Waals surface area contributed by atoms with Crippen molar-refractivity contribution in [3.8, 4) is 11.6 Å². The number of hydrogen-bond donors (Lipinski definition) is 0. The molecular formula is C21H21N5O3. The third-order valence-corrected chi connectivity index (χ3v) is 4.95. The van der Waals surface area contributed by atoms with Crippen LogP contribution in [0.3, 0.4) is 0 Å². The van der Waals surface area contributed by atoms with E-state index in [1.54, 1.807) is 82.8 Å². The Hall–Kier alpha value is -3.68. The summed E-state index contributed by atoms with van der Waals surface area (Å²) in [5.74, 6) is 1.25. The van der Waals surface area contributed by atoms with Gasteiger partial charge in [-0.3, -0.25) is 14.2 Å². The van der Waals surface area contributed by atoms with Gasteiger partial charge >= 0.3 is 0 Å². The second kappa shape index (κ2) is 8.14. The monoisotopic (exact) mass is 391 g/mol. The molecule has 1 aromatic carbocycles. The third kappa shape index (κ3) is 3.96. The van der Waals surface area contributed by atoms with Gasteiger partial charge < -0.3 is 14.5 Å². The molecule has 0 atom stereocenters. The SMILES string of the molecule is COc1ccc(C(=O)N2CCN(C(=O)c3ccnc(-n4ccnc4)c3)CC2)cc1. The van der Waals surface area contributed by atoms with Crippen LogP contribution < -0.4 is 4.74 Å². The Morgan fingerprint density at radius 1 is 0.897 bits per heavy atom. The third-order valence-electron chi connectivity index (χ3n) is 4.95. The van der Waals surface area contributed by atoms with Crippen molar-refractivity contribution in [2.75, 3.05) is 33.3 Å². The van der Waals surface area contributed by atoms with E-state index in [9.17, 15) is 9.59 Å². The van der Waals surface area contributed by atoms with E-state index in [1.165, 1.54) is 0 Å². The minimum Gasteiger partial charge on any atom is -0.497 e. The molecule has 0 spiro atoms. The van der Waals surface area contributed by atoms with Crippen LogP contribution in [0.2, 0.25) is 0 Å². The number of methoxy groups -OCH3 is 1. The summed E-state index contributed by atoms with van der Waals surface area (Å²) in [7, 11) is 1.59. The second-order valence-corrected chi connectivity index (χ2v) is 6.69. The fourth-order valence-corrected chi connectivity index (χ4v) is 3.30. The van der Waals surface area contributed by atoms with Crippen LogP contribution in [0.5, 0.6) is 5.75 Å². The van der Waals surface area contributed by atoms with Crippen LogP contribution in [-0.4, -0.2) is 69.4 Å². The Kier molecular flexibility index (Phi) is 5.24. The number of ether oxygens (including phenoxy) is 1. The Labute approximate surface area is 168 Å². The number of piperazine rings is 1. The van der Waals surface area contributed by atoms with Crippen LogP contribution in [0, 0.1) is 0 Å². The summed E-state index contributed by atoms with van der Waals surface area (Å²) in [6, 6.07) is 10.5. The van der Waals surface area contributed by atoms with Crippen LogP contribution in [-0.2, 0) is 0 Å². The first-order valence-corrected chi connectivity index (χ1v) is 9.33. The quantitative estimate of drug-likeness (QED) is 0.678. The molecule has 0 saturated carbocycles. The van der Waals surface area contributed by atoms with Gasteiger partial charge in [-0.1, -0.05) is 0 Å². The molecule has 3 heterocycles. The summed E-state index contributed by atoms with van der Waals surface area (Å²) >= 11 is 0. The van der Waals surface area contributed by atoms with E-state index in [-0.39, 0.29) is 11.8 Å². The van der Waals surface area contributed by atoms with Gasteiger partial charge in [0.05, 0.1) is 7.11 Å². The molecule has 1 aliphatic rings. The molecule has 2 amide bonds. The molecule has 4 rings (SSSR count). The van der Waals surface area contributed by atoms with E-state index < -0.39 is 0 Å². The van der Waals surface area contributed by atoms with Crippen LogP contribution >= 0.6 is 0 Å². The number of amides is 2. The first-order valence-electron chi connectivity index (χ1n) is 9.33. The summed E-state index contributed by atoms with van der Waals surface area (Å²) in [5, 5.41) is 0. The maximum atomic E-state index is 12.9. The number of imidazole rings is 1. The highest BCUT2D eigenvalue weighted by atomic mass is 16.5. The number of carbonyl (C=O) groups is 2. The van der Waals surface area contributed by atoms with E-state index in [0.717, 1.165) is 0 Å². The minimum atomic E-state index is -0.0645. The molecule has 8 heteroatoms. The molecule has 3 aromatic rings. The Morgan fingerprint density at radius 2 is 1.55 bits per heavy atom. The normalized spacial score (nSPS) is 14.0. The van der Waals surface area contributed by atoms with Crippen molar-refractivity contribution >= 4 is 11.8 Å². The van der Waals surface area contributed by atoms with E-state index in [4.69, 9.17) is 4.74 Å². The van der Waals surface area contributed by atoms with Crippen molar-refractivity contribution in [2.24, 2.45) is 0 Å². The molecular weight excluding hydrogens is 370 g/mol. The van der Waals surface area contributed by atoms with Crippen molar-refractivity contribution in [1.82, 2.24) is 24.3 Å². The predicted molar refractivity (Wildman–Crippen MR) is 106 cm³/mol. The summed E-state index contributed by atoms with van der Waals surface area (Å²) < 4.78 is 6.88. The van der Waals surface area contributed by atoms with Crippen LogP contribution in [0.4, 0.5) is 0 Å². The zero-order chi connectivity index (χ0) is 20.2. The molecule has 0 unspecified atom stereocenters. The molecule has 0 radical (unpaired) electrons. The number of benzene rings is 1. The number of pyridine rings is 1. The topological polar surface area (TPSA) is 80.6 Å². The summed E-state index contributed by atoms with van der Waals surface area (Å²) in [6.07, 6.45) is 6.70. The number of aromatic nitrogens is 3. The molecule has 148 valence electrons. The van der Waals surface area contributed by atoms with Gasteiger partial charge in [-0.25, -0.2) is 9.97 Å². The van der Waals surface area contributed by atoms with E-state index >= 15 is 0 Å². The molecule has 1 fully saturated rings. The molecule has 0 aliphatic carbocycles. The Bertz CT molecular complexity index is 993. The van der Waals surface area contributed by atoms with Crippen molar-refractivity contribution in [1.29, 1.82) is 0 Å². The second-order valence-electron chi connectivity index (χ2n) is 6.69. The summed E-state index contributed by atoms with van der Waals surface area (Å²) in [6.45, 7) is 1.97. The van der Waals surface area contributed by atoms with Gasteiger partial charge in [0.25, 0.3) is 11.8 Å². The lowest BCUT2D eigenvalue weighted by Crippen LogP contribution is -2.50. The fourth-order valence-electron chi connectivity index (χ4n) is 3.30. The first kappa shape index (κ1) is 18.7. The highest BCUT2D eigenvalue weighted by Crippen LogP contribution is 2.16. The van der Waals surface area contributed by atoms with Crippen molar-refractivity contribution < 1.29 is 14.3 Å². The van der Waals surface area contributed by atoms with E-state index in [2.05, 4.69) is 9.97 Å².